The minimum absolute atomic E-state index is 0.198. The fourth-order valence-corrected chi connectivity index (χ4v) is 1.48. The van der Waals surface area contributed by atoms with Crippen LogP contribution in [0.1, 0.15) is 30.6 Å². The van der Waals surface area contributed by atoms with Crippen molar-refractivity contribution < 1.29 is 14.3 Å². The molecule has 6 nitrogen and oxygen atoms in total. The summed E-state index contributed by atoms with van der Waals surface area (Å²) in [7, 11) is 0. The Balaban J connectivity index is 2.83. The Hall–Kier alpha value is -2.24. The van der Waals surface area contributed by atoms with E-state index in [4.69, 9.17) is 16.2 Å². The van der Waals surface area contributed by atoms with Gasteiger partial charge in [-0.15, -0.1) is 0 Å². The average molecular weight is 265 g/mol. The summed E-state index contributed by atoms with van der Waals surface area (Å²) in [5.74, 6) is -0.664. The molecule has 1 rings (SSSR count). The third-order valence-corrected chi connectivity index (χ3v) is 2.49. The van der Waals surface area contributed by atoms with Gasteiger partial charge in [-0.2, -0.15) is 0 Å². The third kappa shape index (κ3) is 4.17. The quantitative estimate of drug-likeness (QED) is 0.657. The topological polar surface area (TPSA) is 107 Å². The normalized spacial score (nSPS) is 11.7. The molecule has 0 aromatic heterocycles. The lowest BCUT2D eigenvalue weighted by Crippen LogP contribution is -2.37. The molecule has 1 atom stereocenters. The van der Waals surface area contributed by atoms with Crippen LogP contribution in [0.15, 0.2) is 18.2 Å². The van der Waals surface area contributed by atoms with Gasteiger partial charge in [0.05, 0.1) is 5.56 Å². The van der Waals surface area contributed by atoms with Crippen LogP contribution in [-0.4, -0.2) is 24.5 Å². The van der Waals surface area contributed by atoms with Crippen molar-refractivity contribution in [2.24, 2.45) is 5.73 Å². The van der Waals surface area contributed by atoms with Crippen molar-refractivity contribution >= 4 is 17.5 Å². The van der Waals surface area contributed by atoms with Crippen molar-refractivity contribution in [2.75, 3.05) is 12.3 Å². The number of carbonyl (C=O) groups excluding carboxylic acids is 2. The molecular weight excluding hydrogens is 246 g/mol. The first-order valence-electron chi connectivity index (χ1n) is 6.09. The van der Waals surface area contributed by atoms with E-state index in [1.54, 1.807) is 13.0 Å². The zero-order valence-corrected chi connectivity index (χ0v) is 11.1. The molecule has 0 heterocycles. The van der Waals surface area contributed by atoms with E-state index in [0.29, 0.717) is 12.2 Å². The van der Waals surface area contributed by atoms with Gasteiger partial charge in [-0.25, -0.2) is 0 Å². The molecular formula is C13H19N3O3. The lowest BCUT2D eigenvalue weighted by Gasteiger charge is -2.16. The highest BCUT2D eigenvalue weighted by Crippen LogP contribution is 2.22. The summed E-state index contributed by atoms with van der Waals surface area (Å²) in [6.45, 7) is 4.12. The molecule has 0 saturated heterocycles. The summed E-state index contributed by atoms with van der Waals surface area (Å²) < 4.78 is 5.45. The molecule has 1 aromatic rings. The summed E-state index contributed by atoms with van der Waals surface area (Å²) in [5, 5.41) is 2.70. The first-order chi connectivity index (χ1) is 8.95. The molecule has 2 amide bonds. The van der Waals surface area contributed by atoms with Gasteiger partial charge in [0.25, 0.3) is 11.8 Å². The van der Waals surface area contributed by atoms with Crippen molar-refractivity contribution in [1.29, 1.82) is 0 Å². The van der Waals surface area contributed by atoms with Gasteiger partial charge in [0.2, 0.25) is 0 Å². The molecule has 0 aliphatic heterocycles. The van der Waals surface area contributed by atoms with Crippen LogP contribution in [0.5, 0.6) is 5.75 Å². The van der Waals surface area contributed by atoms with Crippen molar-refractivity contribution in [3.05, 3.63) is 23.8 Å². The Labute approximate surface area is 112 Å². The van der Waals surface area contributed by atoms with Crippen LogP contribution >= 0.6 is 0 Å². The van der Waals surface area contributed by atoms with Crippen molar-refractivity contribution in [3.8, 4) is 5.75 Å². The van der Waals surface area contributed by atoms with Crippen LogP contribution in [-0.2, 0) is 4.79 Å². The second-order valence-electron chi connectivity index (χ2n) is 4.17. The zero-order valence-electron chi connectivity index (χ0n) is 11.1. The monoisotopic (exact) mass is 265 g/mol. The van der Waals surface area contributed by atoms with Crippen LogP contribution < -0.4 is 21.5 Å². The molecule has 0 saturated carbocycles. The molecule has 0 bridgehead atoms. The van der Waals surface area contributed by atoms with Crippen molar-refractivity contribution in [3.63, 3.8) is 0 Å². The van der Waals surface area contributed by atoms with Crippen molar-refractivity contribution in [2.45, 2.75) is 26.4 Å². The minimum Gasteiger partial charge on any atom is -0.480 e. The summed E-state index contributed by atoms with van der Waals surface area (Å²) in [4.78, 5) is 22.9. The van der Waals surface area contributed by atoms with Crippen LogP contribution in [0.25, 0.3) is 0 Å². The highest BCUT2D eigenvalue weighted by Gasteiger charge is 2.17. The fraction of sp³-hybridized carbons (Fsp3) is 0.385. The Morgan fingerprint density at radius 3 is 2.68 bits per heavy atom. The number of nitrogen functional groups attached to an aromatic ring is 1. The van der Waals surface area contributed by atoms with E-state index in [9.17, 15) is 9.59 Å². The molecule has 1 aromatic carbocycles. The molecule has 19 heavy (non-hydrogen) atoms. The van der Waals surface area contributed by atoms with Gasteiger partial charge in [-0.3, -0.25) is 9.59 Å². The van der Waals surface area contributed by atoms with E-state index in [1.165, 1.54) is 12.1 Å². The molecule has 1 unspecified atom stereocenters. The van der Waals surface area contributed by atoms with E-state index >= 15 is 0 Å². The van der Waals surface area contributed by atoms with Gasteiger partial charge in [-0.1, -0.05) is 6.92 Å². The second-order valence-corrected chi connectivity index (χ2v) is 4.17. The van der Waals surface area contributed by atoms with Crippen LogP contribution in [0, 0.1) is 0 Å². The number of amides is 2. The predicted octanol–water partition coefficient (Wildman–Crippen LogP) is 0.661. The van der Waals surface area contributed by atoms with E-state index < -0.39 is 12.0 Å². The highest BCUT2D eigenvalue weighted by molar-refractivity contribution is 5.96. The standard InChI is InChI=1S/C13H19N3O3/c1-3-6-16-13(18)8(2)19-11-7-9(14)4-5-10(11)12(15)17/h4-5,7-8H,3,6,14H2,1-2H3,(H2,15,17)(H,16,18). The molecule has 0 radical (unpaired) electrons. The maximum Gasteiger partial charge on any atom is 0.260 e. The predicted molar refractivity (Wildman–Crippen MR) is 72.8 cm³/mol. The molecule has 5 N–H and O–H groups in total. The number of carbonyl (C=O) groups is 2. The van der Waals surface area contributed by atoms with E-state index in [2.05, 4.69) is 5.32 Å². The van der Waals surface area contributed by atoms with Gasteiger partial charge >= 0.3 is 0 Å². The molecule has 0 spiro atoms. The molecule has 0 fully saturated rings. The maximum absolute atomic E-state index is 11.7. The number of primary amides is 1. The first-order valence-corrected chi connectivity index (χ1v) is 6.09. The Bertz CT molecular complexity index is 474. The van der Waals surface area contributed by atoms with Crippen molar-refractivity contribution in [1.82, 2.24) is 5.32 Å². The number of nitrogens with one attached hydrogen (secondary N) is 1. The summed E-state index contributed by atoms with van der Waals surface area (Å²) in [6.07, 6.45) is 0.106. The van der Waals surface area contributed by atoms with Crippen LogP contribution in [0.2, 0.25) is 0 Å². The highest BCUT2D eigenvalue weighted by atomic mass is 16.5. The number of nitrogens with two attached hydrogens (primary N) is 2. The molecule has 0 aliphatic carbocycles. The summed E-state index contributed by atoms with van der Waals surface area (Å²) >= 11 is 0. The number of ether oxygens (including phenoxy) is 1. The Morgan fingerprint density at radius 2 is 2.11 bits per heavy atom. The molecule has 6 heteroatoms. The average Bonchev–Trinajstić information content (AvgIpc) is 2.35. The van der Waals surface area contributed by atoms with Gasteiger partial charge in [0.1, 0.15) is 5.75 Å². The number of benzene rings is 1. The van der Waals surface area contributed by atoms with E-state index in [1.807, 2.05) is 6.92 Å². The van der Waals surface area contributed by atoms with Crippen LogP contribution in [0.4, 0.5) is 5.69 Å². The fourth-order valence-electron chi connectivity index (χ4n) is 1.48. The van der Waals surface area contributed by atoms with Gasteiger partial charge in [0.15, 0.2) is 6.10 Å². The smallest absolute Gasteiger partial charge is 0.260 e. The SMILES string of the molecule is CCCNC(=O)C(C)Oc1cc(N)ccc1C(N)=O. The van der Waals surface area contributed by atoms with E-state index in [0.717, 1.165) is 6.42 Å². The largest absolute Gasteiger partial charge is 0.480 e. The Morgan fingerprint density at radius 1 is 1.42 bits per heavy atom. The lowest BCUT2D eigenvalue weighted by molar-refractivity contribution is -0.127. The van der Waals surface area contributed by atoms with Gasteiger partial charge in [-0.05, 0) is 25.5 Å². The Kier molecular flexibility index (Phi) is 5.17. The first kappa shape index (κ1) is 14.8. The number of rotatable bonds is 6. The number of hydrogen-bond donors (Lipinski definition) is 3. The third-order valence-electron chi connectivity index (χ3n) is 2.49. The molecule has 0 aliphatic rings. The lowest BCUT2D eigenvalue weighted by atomic mass is 10.1. The second kappa shape index (κ2) is 6.63. The minimum atomic E-state index is -0.730. The van der Waals surface area contributed by atoms with E-state index in [-0.39, 0.29) is 17.2 Å². The maximum atomic E-state index is 11.7. The molecule has 104 valence electrons. The number of hydrogen-bond acceptors (Lipinski definition) is 4. The van der Waals surface area contributed by atoms with Gasteiger partial charge in [0, 0.05) is 18.3 Å². The van der Waals surface area contributed by atoms with Crippen LogP contribution in [0.3, 0.4) is 0 Å². The summed E-state index contributed by atoms with van der Waals surface area (Å²) in [6, 6.07) is 4.50. The zero-order chi connectivity index (χ0) is 14.4. The number of anilines is 1. The van der Waals surface area contributed by atoms with Gasteiger partial charge < -0.3 is 21.5 Å². The summed E-state index contributed by atoms with van der Waals surface area (Å²) in [5.41, 5.74) is 11.5.